The number of aromatic carboxylic acids is 1. The number of carbonyl (C=O) groups is 3. The monoisotopic (exact) mass is 357 g/mol. The number of ether oxygens (including phenoxy) is 1. The topological polar surface area (TPSA) is 102 Å². The molecule has 8 nitrogen and oxygen atoms in total. The van der Waals surface area contributed by atoms with E-state index in [4.69, 9.17) is 4.74 Å². The number of carbonyl (C=O) groups excluding carboxylic acids is 2. The summed E-state index contributed by atoms with van der Waals surface area (Å²) in [6, 6.07) is 7.30. The molecule has 0 spiro atoms. The predicted molar refractivity (Wildman–Crippen MR) is 90.4 cm³/mol. The van der Waals surface area contributed by atoms with Gasteiger partial charge < -0.3 is 14.7 Å². The van der Waals surface area contributed by atoms with Crippen molar-refractivity contribution in [1.82, 2.24) is 14.7 Å². The molecule has 26 heavy (non-hydrogen) atoms. The lowest BCUT2D eigenvalue weighted by molar-refractivity contribution is -0.155. The largest absolute Gasteiger partial charge is 0.477 e. The van der Waals surface area contributed by atoms with E-state index in [2.05, 4.69) is 5.10 Å². The normalized spacial score (nSPS) is 17.3. The number of hydrogen-bond donors (Lipinski definition) is 1. The van der Waals surface area contributed by atoms with Crippen molar-refractivity contribution in [3.63, 3.8) is 0 Å². The van der Waals surface area contributed by atoms with E-state index in [-0.39, 0.29) is 18.1 Å². The van der Waals surface area contributed by atoms with Crippen LogP contribution >= 0.6 is 0 Å². The molecule has 136 valence electrons. The van der Waals surface area contributed by atoms with Gasteiger partial charge >= 0.3 is 11.9 Å². The molecule has 1 aliphatic rings. The fourth-order valence-corrected chi connectivity index (χ4v) is 3.24. The molecule has 2 unspecified atom stereocenters. The summed E-state index contributed by atoms with van der Waals surface area (Å²) in [6.07, 6.45) is 1.68. The lowest BCUT2D eigenvalue weighted by Gasteiger charge is -2.36. The van der Waals surface area contributed by atoms with Crippen molar-refractivity contribution in [2.24, 2.45) is 0 Å². The van der Waals surface area contributed by atoms with Gasteiger partial charge in [0, 0.05) is 19.2 Å². The standard InChI is InChI=1S/C18H19N3O5/c1-11(21-14(17(23)24)7-8-19-21)16(22)20-10-13-6-4-3-5-12(13)9-15(20)18(25)26-2/h3-8,11,15H,9-10H2,1-2H3,(H,23,24). The molecule has 1 aromatic heterocycles. The van der Waals surface area contributed by atoms with Crippen LogP contribution in [0.4, 0.5) is 0 Å². The summed E-state index contributed by atoms with van der Waals surface area (Å²) in [5.41, 5.74) is 1.86. The lowest BCUT2D eigenvalue weighted by atomic mass is 9.93. The SMILES string of the molecule is COC(=O)C1Cc2ccccc2CN1C(=O)C(C)n1nccc1C(=O)O. The zero-order valence-electron chi connectivity index (χ0n) is 14.5. The van der Waals surface area contributed by atoms with Gasteiger partial charge in [-0.25, -0.2) is 14.3 Å². The third-order valence-corrected chi connectivity index (χ3v) is 4.62. The van der Waals surface area contributed by atoms with Crippen LogP contribution in [0.5, 0.6) is 0 Å². The Hall–Kier alpha value is -3.16. The minimum Gasteiger partial charge on any atom is -0.477 e. The van der Waals surface area contributed by atoms with Crippen molar-refractivity contribution in [3.8, 4) is 0 Å². The number of carboxylic acids is 1. The molecule has 1 aliphatic heterocycles. The van der Waals surface area contributed by atoms with E-state index in [9.17, 15) is 19.5 Å². The molecule has 3 rings (SSSR count). The number of aromatic nitrogens is 2. The van der Waals surface area contributed by atoms with Gasteiger partial charge in [-0.1, -0.05) is 24.3 Å². The zero-order valence-corrected chi connectivity index (χ0v) is 14.5. The summed E-state index contributed by atoms with van der Waals surface area (Å²) in [4.78, 5) is 38.1. The third kappa shape index (κ3) is 3.05. The fraction of sp³-hybridized carbons (Fsp3) is 0.333. The Kier molecular flexibility index (Phi) is 4.75. The number of amides is 1. The lowest BCUT2D eigenvalue weighted by Crippen LogP contribution is -2.51. The third-order valence-electron chi connectivity index (χ3n) is 4.62. The number of benzene rings is 1. The van der Waals surface area contributed by atoms with E-state index in [1.807, 2.05) is 24.3 Å². The first kappa shape index (κ1) is 17.7. The van der Waals surface area contributed by atoms with Crippen LogP contribution in [0.3, 0.4) is 0 Å². The highest BCUT2D eigenvalue weighted by atomic mass is 16.5. The first-order valence-electron chi connectivity index (χ1n) is 8.16. The second-order valence-electron chi connectivity index (χ2n) is 6.12. The molecule has 2 atom stereocenters. The molecule has 0 radical (unpaired) electrons. The molecule has 1 aromatic carbocycles. The molecular formula is C18H19N3O5. The Balaban J connectivity index is 1.94. The maximum Gasteiger partial charge on any atom is 0.354 e. The molecule has 0 aliphatic carbocycles. The van der Waals surface area contributed by atoms with E-state index in [0.29, 0.717) is 6.42 Å². The Morgan fingerprint density at radius 2 is 1.92 bits per heavy atom. The van der Waals surface area contributed by atoms with Gasteiger partial charge in [0.15, 0.2) is 0 Å². The molecule has 2 heterocycles. The van der Waals surface area contributed by atoms with E-state index in [1.165, 1.54) is 24.3 Å². The number of rotatable bonds is 4. The minimum absolute atomic E-state index is 0.0853. The smallest absolute Gasteiger partial charge is 0.354 e. The van der Waals surface area contributed by atoms with Gasteiger partial charge in [0.2, 0.25) is 5.91 Å². The highest BCUT2D eigenvalue weighted by Crippen LogP contribution is 2.26. The van der Waals surface area contributed by atoms with Gasteiger partial charge in [0.25, 0.3) is 0 Å². The number of methoxy groups -OCH3 is 1. The van der Waals surface area contributed by atoms with E-state index < -0.39 is 24.0 Å². The zero-order chi connectivity index (χ0) is 18.8. The number of hydrogen-bond acceptors (Lipinski definition) is 5. The summed E-state index contributed by atoms with van der Waals surface area (Å²) < 4.78 is 6.02. The van der Waals surface area contributed by atoms with Gasteiger partial charge in [-0.05, 0) is 24.1 Å². The van der Waals surface area contributed by atoms with Crippen molar-refractivity contribution in [3.05, 3.63) is 53.3 Å². The van der Waals surface area contributed by atoms with Crippen molar-refractivity contribution in [2.45, 2.75) is 32.0 Å². The van der Waals surface area contributed by atoms with Crippen LogP contribution < -0.4 is 0 Å². The van der Waals surface area contributed by atoms with Gasteiger partial charge in [0.1, 0.15) is 17.8 Å². The summed E-state index contributed by atoms with van der Waals surface area (Å²) in [6.45, 7) is 1.82. The second kappa shape index (κ2) is 6.99. The molecule has 0 saturated carbocycles. The number of carboxylic acid groups (broad SMARTS) is 1. The van der Waals surface area contributed by atoms with Crippen molar-refractivity contribution in [2.75, 3.05) is 7.11 Å². The molecule has 2 aromatic rings. The Bertz CT molecular complexity index is 860. The van der Waals surface area contributed by atoms with Crippen LogP contribution in [0.2, 0.25) is 0 Å². The van der Waals surface area contributed by atoms with Crippen molar-refractivity contribution in [1.29, 1.82) is 0 Å². The molecule has 0 fully saturated rings. The van der Waals surface area contributed by atoms with Gasteiger partial charge in [-0.3, -0.25) is 4.79 Å². The first-order valence-corrected chi connectivity index (χ1v) is 8.16. The highest BCUT2D eigenvalue weighted by molar-refractivity contribution is 5.89. The average Bonchev–Trinajstić information content (AvgIpc) is 3.15. The number of nitrogens with zero attached hydrogens (tertiary/aromatic N) is 3. The number of fused-ring (bicyclic) bond motifs is 1. The first-order chi connectivity index (χ1) is 12.4. The Morgan fingerprint density at radius 3 is 2.58 bits per heavy atom. The molecule has 0 bridgehead atoms. The Labute approximate surface area is 150 Å². The maximum atomic E-state index is 13.1. The van der Waals surface area contributed by atoms with Crippen molar-refractivity contribution >= 4 is 17.8 Å². The summed E-state index contributed by atoms with van der Waals surface area (Å²) in [5.74, 6) is -2.06. The maximum absolute atomic E-state index is 13.1. The minimum atomic E-state index is -1.17. The predicted octanol–water partition coefficient (Wildman–Crippen LogP) is 1.27. The second-order valence-corrected chi connectivity index (χ2v) is 6.12. The fourth-order valence-electron chi connectivity index (χ4n) is 3.24. The van der Waals surface area contributed by atoms with Crippen LogP contribution in [0.25, 0.3) is 0 Å². The average molecular weight is 357 g/mol. The van der Waals surface area contributed by atoms with E-state index >= 15 is 0 Å². The summed E-state index contributed by atoms with van der Waals surface area (Å²) in [5, 5.41) is 13.2. The van der Waals surface area contributed by atoms with Crippen LogP contribution in [0.15, 0.2) is 36.5 Å². The Morgan fingerprint density at radius 1 is 1.23 bits per heavy atom. The highest BCUT2D eigenvalue weighted by Gasteiger charge is 2.38. The van der Waals surface area contributed by atoms with Crippen LogP contribution in [-0.2, 0) is 27.3 Å². The molecule has 0 saturated heterocycles. The van der Waals surface area contributed by atoms with E-state index in [1.54, 1.807) is 6.92 Å². The quantitative estimate of drug-likeness (QED) is 0.827. The van der Waals surface area contributed by atoms with Gasteiger partial charge in [-0.2, -0.15) is 5.10 Å². The molecule has 1 amide bonds. The summed E-state index contributed by atoms with van der Waals surface area (Å²) in [7, 11) is 1.28. The van der Waals surface area contributed by atoms with Gasteiger partial charge in [-0.15, -0.1) is 0 Å². The molecule has 8 heteroatoms. The van der Waals surface area contributed by atoms with Crippen LogP contribution in [0.1, 0.15) is 34.6 Å². The molecule has 1 N–H and O–H groups in total. The van der Waals surface area contributed by atoms with E-state index in [0.717, 1.165) is 15.8 Å². The number of esters is 1. The van der Waals surface area contributed by atoms with Crippen molar-refractivity contribution < 1.29 is 24.2 Å². The van der Waals surface area contributed by atoms with Gasteiger partial charge in [0.05, 0.1) is 7.11 Å². The van der Waals surface area contributed by atoms with Crippen LogP contribution in [-0.4, -0.2) is 50.8 Å². The summed E-state index contributed by atoms with van der Waals surface area (Å²) >= 11 is 0. The van der Waals surface area contributed by atoms with Crippen LogP contribution in [0, 0.1) is 0 Å². The molecular weight excluding hydrogens is 338 g/mol.